The molecule has 0 aliphatic carbocycles. The zero-order chi connectivity index (χ0) is 8.41. The predicted molar refractivity (Wildman–Crippen MR) is 32.1 cm³/mol. The fourth-order valence-corrected chi connectivity index (χ4v) is 0.481. The van der Waals surface area contributed by atoms with Crippen molar-refractivity contribution in [3.63, 3.8) is 0 Å². The fourth-order valence-electron chi connectivity index (χ4n) is 0.263. The Kier molecular flexibility index (Phi) is 3.26. The summed E-state index contributed by atoms with van der Waals surface area (Å²) in [5.41, 5.74) is 0. The van der Waals surface area contributed by atoms with Crippen LogP contribution in [0.5, 0.6) is 0 Å². The Hall–Kier alpha value is 0.330. The van der Waals surface area contributed by atoms with Gasteiger partial charge in [0.05, 0.1) is 0 Å². The molecule has 6 heteroatoms. The van der Waals surface area contributed by atoms with Crippen LogP contribution < -0.4 is 0 Å². The minimum Gasteiger partial charge on any atom is -0.340 e. The summed E-state index contributed by atoms with van der Waals surface area (Å²) in [6.45, 7) is 1.18. The van der Waals surface area contributed by atoms with Crippen molar-refractivity contribution in [2.45, 2.75) is 17.6 Å². The smallest absolute Gasteiger partial charge is 0.340 e. The van der Waals surface area contributed by atoms with Gasteiger partial charge < -0.3 is 4.74 Å². The van der Waals surface area contributed by atoms with Gasteiger partial charge in [0.2, 0.25) is 0 Å². The second-order valence-corrected chi connectivity index (χ2v) is 2.71. The maximum atomic E-state index is 11.6. The van der Waals surface area contributed by atoms with Crippen LogP contribution in [-0.2, 0) is 4.74 Å². The van der Waals surface area contributed by atoms with Crippen LogP contribution in [0.4, 0.5) is 13.2 Å². The van der Waals surface area contributed by atoms with Gasteiger partial charge in [0.1, 0.15) is 0 Å². The van der Waals surface area contributed by atoms with E-state index in [-0.39, 0.29) is 6.61 Å². The molecule has 0 spiro atoms. The molecular formula is C4H5Cl2F3O. The summed E-state index contributed by atoms with van der Waals surface area (Å²) < 4.78 is 35.8. The Morgan fingerprint density at radius 3 is 1.80 bits per heavy atom. The van der Waals surface area contributed by atoms with Crippen LogP contribution in [-0.4, -0.2) is 17.3 Å². The number of alkyl halides is 5. The molecule has 0 heterocycles. The second kappa shape index (κ2) is 3.15. The van der Waals surface area contributed by atoms with Crippen LogP contribution in [0.25, 0.3) is 0 Å². The average Bonchev–Trinajstić information content (AvgIpc) is 1.61. The average molecular weight is 197 g/mol. The Morgan fingerprint density at radius 1 is 1.30 bits per heavy atom. The van der Waals surface area contributed by atoms with Crippen molar-refractivity contribution in [2.75, 3.05) is 6.61 Å². The number of hydrogen-bond acceptors (Lipinski definition) is 1. The first-order valence-corrected chi connectivity index (χ1v) is 3.15. The van der Waals surface area contributed by atoms with E-state index in [1.807, 2.05) is 0 Å². The van der Waals surface area contributed by atoms with E-state index in [1.165, 1.54) is 6.92 Å². The van der Waals surface area contributed by atoms with E-state index in [1.54, 1.807) is 0 Å². The van der Waals surface area contributed by atoms with Gasteiger partial charge in [-0.2, -0.15) is 13.2 Å². The molecule has 62 valence electrons. The Labute approximate surface area is 66.1 Å². The molecule has 0 radical (unpaired) electrons. The Balaban J connectivity index is 4.10. The molecule has 0 saturated carbocycles. The highest BCUT2D eigenvalue weighted by Gasteiger charge is 2.54. The lowest BCUT2D eigenvalue weighted by atomic mass is 10.7. The van der Waals surface area contributed by atoms with Gasteiger partial charge in [-0.25, -0.2) is 0 Å². The lowest BCUT2D eigenvalue weighted by Crippen LogP contribution is -2.36. The first-order valence-electron chi connectivity index (χ1n) is 2.39. The second-order valence-electron chi connectivity index (χ2n) is 1.45. The highest BCUT2D eigenvalue weighted by Crippen LogP contribution is 2.40. The lowest BCUT2D eigenvalue weighted by Gasteiger charge is -2.21. The summed E-state index contributed by atoms with van der Waals surface area (Å²) in [6.07, 6.45) is -4.74. The summed E-state index contributed by atoms with van der Waals surface area (Å²) in [7, 11) is 0. The molecule has 0 aliphatic rings. The summed E-state index contributed by atoms with van der Waals surface area (Å²) in [5.74, 6) is 0. The number of halogens is 5. The van der Waals surface area contributed by atoms with Crippen LogP contribution >= 0.6 is 23.2 Å². The van der Waals surface area contributed by atoms with Gasteiger partial charge in [-0.3, -0.25) is 0 Å². The van der Waals surface area contributed by atoms with Crippen molar-refractivity contribution in [2.24, 2.45) is 0 Å². The van der Waals surface area contributed by atoms with Gasteiger partial charge in [0, 0.05) is 6.61 Å². The fraction of sp³-hybridized carbons (Fsp3) is 1.00. The molecule has 0 N–H and O–H groups in total. The van der Waals surface area contributed by atoms with Crippen LogP contribution in [0.1, 0.15) is 6.92 Å². The molecule has 0 aliphatic heterocycles. The highest BCUT2D eigenvalue weighted by molar-refractivity contribution is 6.47. The summed E-state index contributed by atoms with van der Waals surface area (Å²) in [4.78, 5) is 0. The van der Waals surface area contributed by atoms with Crippen LogP contribution in [0, 0.1) is 0 Å². The SMILES string of the molecule is CCOC(Cl)(Cl)C(F)(F)F. The molecule has 1 nitrogen and oxygen atoms in total. The Bertz CT molecular complexity index is 112. The van der Waals surface area contributed by atoms with Crippen LogP contribution in [0.2, 0.25) is 0 Å². The molecule has 0 saturated heterocycles. The molecule has 0 aromatic carbocycles. The Morgan fingerprint density at radius 2 is 1.70 bits per heavy atom. The topological polar surface area (TPSA) is 9.23 Å². The molecule has 10 heavy (non-hydrogen) atoms. The quantitative estimate of drug-likeness (QED) is 0.618. The number of rotatable bonds is 2. The normalized spacial score (nSPS) is 13.8. The molecule has 0 bridgehead atoms. The van der Waals surface area contributed by atoms with Crippen LogP contribution in [0.15, 0.2) is 0 Å². The summed E-state index contributed by atoms with van der Waals surface area (Å²) in [5, 5.41) is 0. The van der Waals surface area contributed by atoms with Gasteiger partial charge >= 0.3 is 10.7 Å². The molecule has 0 atom stereocenters. The van der Waals surface area contributed by atoms with Crippen molar-refractivity contribution in [3.8, 4) is 0 Å². The van der Waals surface area contributed by atoms with Gasteiger partial charge in [-0.15, -0.1) is 0 Å². The monoisotopic (exact) mass is 196 g/mol. The van der Waals surface area contributed by atoms with E-state index in [0.29, 0.717) is 0 Å². The minimum absolute atomic E-state index is 0.188. The molecule has 0 aromatic rings. The molecule has 0 aromatic heterocycles. The highest BCUT2D eigenvalue weighted by atomic mass is 35.5. The maximum Gasteiger partial charge on any atom is 0.447 e. The molecular weight excluding hydrogens is 192 g/mol. The zero-order valence-corrected chi connectivity index (χ0v) is 6.52. The molecule has 0 rings (SSSR count). The maximum absolute atomic E-state index is 11.6. The third kappa shape index (κ3) is 2.52. The third-order valence-electron chi connectivity index (χ3n) is 0.656. The first kappa shape index (κ1) is 10.3. The predicted octanol–water partition coefficient (Wildman–Crippen LogP) is 2.72. The standard InChI is InChI=1S/C4H5Cl2F3O/c1-2-10-3(5,6)4(7,8)9/h2H2,1H3. The molecule has 0 amide bonds. The number of ether oxygens (including phenoxy) is 1. The largest absolute Gasteiger partial charge is 0.447 e. The van der Waals surface area contributed by atoms with Crippen molar-refractivity contribution < 1.29 is 17.9 Å². The first-order chi connectivity index (χ1) is 4.31. The van der Waals surface area contributed by atoms with Gasteiger partial charge in [0.15, 0.2) is 0 Å². The van der Waals surface area contributed by atoms with E-state index in [9.17, 15) is 13.2 Å². The van der Waals surface area contributed by atoms with Crippen LogP contribution in [0.3, 0.4) is 0 Å². The summed E-state index contributed by atoms with van der Waals surface area (Å²) >= 11 is 9.46. The summed E-state index contributed by atoms with van der Waals surface area (Å²) in [6, 6.07) is 0. The lowest BCUT2D eigenvalue weighted by molar-refractivity contribution is -0.208. The van der Waals surface area contributed by atoms with Gasteiger partial charge in [0.25, 0.3) is 0 Å². The third-order valence-corrected chi connectivity index (χ3v) is 1.30. The van der Waals surface area contributed by atoms with Crippen molar-refractivity contribution in [3.05, 3.63) is 0 Å². The van der Waals surface area contributed by atoms with E-state index in [2.05, 4.69) is 4.74 Å². The van der Waals surface area contributed by atoms with E-state index < -0.39 is 10.7 Å². The zero-order valence-electron chi connectivity index (χ0n) is 5.01. The minimum atomic E-state index is -4.74. The van der Waals surface area contributed by atoms with E-state index in [0.717, 1.165) is 0 Å². The van der Waals surface area contributed by atoms with Crippen molar-refractivity contribution in [1.29, 1.82) is 0 Å². The van der Waals surface area contributed by atoms with E-state index in [4.69, 9.17) is 23.2 Å². The molecule has 0 unspecified atom stereocenters. The molecule has 0 fully saturated rings. The number of hydrogen-bond donors (Lipinski definition) is 0. The van der Waals surface area contributed by atoms with Gasteiger partial charge in [-0.1, -0.05) is 23.2 Å². The van der Waals surface area contributed by atoms with E-state index >= 15 is 0 Å². The van der Waals surface area contributed by atoms with Gasteiger partial charge in [-0.05, 0) is 6.92 Å². The van der Waals surface area contributed by atoms with Crippen molar-refractivity contribution in [1.82, 2.24) is 0 Å². The van der Waals surface area contributed by atoms with Crippen molar-refractivity contribution >= 4 is 23.2 Å².